The minimum Gasteiger partial charge on any atom is -0.462 e. The lowest BCUT2D eigenvalue weighted by Gasteiger charge is -2.27. The second-order valence-corrected chi connectivity index (χ2v) is 8.77. The highest BCUT2D eigenvalue weighted by Gasteiger charge is 2.25. The Bertz CT molecular complexity index is 1620. The molecule has 3 aromatic heterocycles. The van der Waals surface area contributed by atoms with Crippen molar-refractivity contribution >= 4 is 28.6 Å². The molecule has 0 saturated heterocycles. The number of amides is 1. The van der Waals surface area contributed by atoms with Crippen LogP contribution in [0.15, 0.2) is 64.5 Å². The predicted octanol–water partition coefficient (Wildman–Crippen LogP) is 4.21. The number of esters is 1. The summed E-state index contributed by atoms with van der Waals surface area (Å²) < 4.78 is 22.3. The Kier molecular flexibility index (Phi) is 6.45. The fourth-order valence-corrected chi connectivity index (χ4v) is 4.78. The van der Waals surface area contributed by atoms with Gasteiger partial charge in [-0.3, -0.25) is 14.0 Å². The zero-order valence-corrected chi connectivity index (χ0v) is 19.8. The first-order valence-corrected chi connectivity index (χ1v) is 12.1. The Hall–Kier alpha value is -4.14. The molecule has 4 aromatic rings. The van der Waals surface area contributed by atoms with Crippen LogP contribution in [0.2, 0.25) is 0 Å². The number of halogens is 1. The van der Waals surface area contributed by atoms with Crippen molar-refractivity contribution in [2.75, 3.05) is 6.61 Å². The molecule has 5 rings (SSSR count). The Morgan fingerprint density at radius 3 is 2.67 bits per heavy atom. The lowest BCUT2D eigenvalue weighted by Crippen LogP contribution is -2.35. The maximum absolute atomic E-state index is 13.8. The van der Waals surface area contributed by atoms with Crippen LogP contribution >= 0.6 is 0 Å². The smallest absolute Gasteiger partial charge is 0.341 e. The van der Waals surface area contributed by atoms with Gasteiger partial charge in [-0.1, -0.05) is 31.4 Å². The minimum absolute atomic E-state index is 0.00513. The van der Waals surface area contributed by atoms with Crippen LogP contribution in [0, 0.1) is 5.82 Å². The van der Waals surface area contributed by atoms with Gasteiger partial charge in [-0.15, -0.1) is 0 Å². The number of hydrogen-bond acceptors (Lipinski definition) is 5. The fourth-order valence-electron chi connectivity index (χ4n) is 4.78. The largest absolute Gasteiger partial charge is 0.462 e. The van der Waals surface area contributed by atoms with Crippen molar-refractivity contribution in [3.05, 3.63) is 87.5 Å². The van der Waals surface area contributed by atoms with Crippen LogP contribution < -0.4 is 11.0 Å². The highest BCUT2D eigenvalue weighted by atomic mass is 19.1. The first-order valence-electron chi connectivity index (χ1n) is 12.1. The molecule has 1 amide bonds. The molecule has 8 nitrogen and oxygen atoms in total. The molecule has 1 saturated carbocycles. The molecule has 0 radical (unpaired) electrons. The van der Waals surface area contributed by atoms with Crippen LogP contribution in [-0.4, -0.2) is 32.4 Å². The van der Waals surface area contributed by atoms with Crippen molar-refractivity contribution in [2.45, 2.75) is 45.1 Å². The van der Waals surface area contributed by atoms with Crippen LogP contribution in [0.5, 0.6) is 0 Å². The number of aromatic nitrogens is 3. The Morgan fingerprint density at radius 2 is 1.92 bits per heavy atom. The Balaban J connectivity index is 1.90. The van der Waals surface area contributed by atoms with E-state index in [1.165, 1.54) is 28.7 Å². The third kappa shape index (κ3) is 4.32. The molecule has 0 atom stereocenters. The highest BCUT2D eigenvalue weighted by Crippen LogP contribution is 2.29. The number of hydrogen-bond donors (Lipinski definition) is 0. The molecule has 1 aliphatic rings. The lowest BCUT2D eigenvalue weighted by molar-refractivity contribution is 0.0523. The number of benzene rings is 1. The number of nitrogens with zero attached hydrogens (tertiary/aromatic N) is 4. The summed E-state index contributed by atoms with van der Waals surface area (Å²) in [5.41, 5.74) is 0.548. The summed E-state index contributed by atoms with van der Waals surface area (Å²) in [6, 6.07) is 11.7. The lowest BCUT2D eigenvalue weighted by atomic mass is 9.94. The normalized spacial score (nSPS) is 14.9. The molecule has 0 N–H and O–H groups in total. The number of ether oxygens (including phenoxy) is 1. The third-order valence-corrected chi connectivity index (χ3v) is 6.45. The molecule has 0 bridgehead atoms. The summed E-state index contributed by atoms with van der Waals surface area (Å²) >= 11 is 0. The molecule has 0 aliphatic heterocycles. The zero-order chi connectivity index (χ0) is 25.2. The number of carbonyl (C=O) groups excluding carboxylic acids is 2. The monoisotopic (exact) mass is 488 g/mol. The molecular weight excluding hydrogens is 463 g/mol. The second kappa shape index (κ2) is 9.85. The van der Waals surface area contributed by atoms with Gasteiger partial charge in [-0.25, -0.2) is 14.2 Å². The summed E-state index contributed by atoms with van der Waals surface area (Å²) in [6.07, 6.45) is 6.14. The average Bonchev–Trinajstić information content (AvgIpc) is 2.89. The van der Waals surface area contributed by atoms with E-state index >= 15 is 0 Å². The van der Waals surface area contributed by atoms with Crippen molar-refractivity contribution in [3.8, 4) is 0 Å². The van der Waals surface area contributed by atoms with Gasteiger partial charge in [0.2, 0.25) is 0 Å². The molecule has 1 aliphatic carbocycles. The molecular formula is C27H25FN4O4. The third-order valence-electron chi connectivity index (χ3n) is 6.45. The van der Waals surface area contributed by atoms with E-state index in [0.717, 1.165) is 38.2 Å². The second-order valence-electron chi connectivity index (χ2n) is 8.77. The van der Waals surface area contributed by atoms with E-state index in [1.807, 2.05) is 0 Å². The minimum atomic E-state index is -0.707. The van der Waals surface area contributed by atoms with Gasteiger partial charge in [-0.05, 0) is 56.2 Å². The van der Waals surface area contributed by atoms with E-state index in [9.17, 15) is 18.8 Å². The zero-order valence-electron chi connectivity index (χ0n) is 19.8. The number of carbonyl (C=O) groups is 2. The molecule has 0 spiro atoms. The molecule has 9 heteroatoms. The van der Waals surface area contributed by atoms with E-state index in [0.29, 0.717) is 11.3 Å². The standard InChI is InChI=1S/C27H25FN4O4/c1-2-36-27(35)21-16-20-23(29-22-13-6-7-14-31(22)26(20)34)32(19-11-4-3-5-12-19)24(21)30-25(33)17-9-8-10-18(28)15-17/h6-10,13-16,19H,2-5,11-12H2,1H3. The molecule has 36 heavy (non-hydrogen) atoms. The predicted molar refractivity (Wildman–Crippen MR) is 131 cm³/mol. The van der Waals surface area contributed by atoms with Crippen LogP contribution in [0.4, 0.5) is 4.39 Å². The van der Waals surface area contributed by atoms with Gasteiger partial charge >= 0.3 is 5.97 Å². The van der Waals surface area contributed by atoms with Crippen molar-refractivity contribution in [2.24, 2.45) is 4.99 Å². The summed E-state index contributed by atoms with van der Waals surface area (Å²) in [5, 5.41) is 0.226. The first kappa shape index (κ1) is 23.6. The summed E-state index contributed by atoms with van der Waals surface area (Å²) in [6.45, 7) is 1.78. The van der Waals surface area contributed by atoms with E-state index in [1.54, 1.807) is 35.9 Å². The maximum Gasteiger partial charge on any atom is 0.341 e. The number of fused-ring (bicyclic) bond motifs is 2. The van der Waals surface area contributed by atoms with E-state index < -0.39 is 17.7 Å². The topological polar surface area (TPSA) is 95.0 Å². The Labute approximate surface area is 205 Å². The van der Waals surface area contributed by atoms with Crippen molar-refractivity contribution in [1.82, 2.24) is 14.0 Å². The highest BCUT2D eigenvalue weighted by molar-refractivity contribution is 5.97. The van der Waals surface area contributed by atoms with Gasteiger partial charge in [0.25, 0.3) is 11.5 Å². The van der Waals surface area contributed by atoms with Gasteiger partial charge in [0.15, 0.2) is 5.49 Å². The fraction of sp³-hybridized carbons (Fsp3) is 0.296. The molecule has 1 fully saturated rings. The molecule has 184 valence electrons. The van der Waals surface area contributed by atoms with Gasteiger partial charge in [0.05, 0.1) is 12.0 Å². The van der Waals surface area contributed by atoms with E-state index in [-0.39, 0.29) is 40.2 Å². The Morgan fingerprint density at radius 1 is 1.11 bits per heavy atom. The van der Waals surface area contributed by atoms with E-state index in [4.69, 9.17) is 9.72 Å². The van der Waals surface area contributed by atoms with Gasteiger partial charge in [0.1, 0.15) is 22.7 Å². The SMILES string of the molecule is CCOC(=O)c1cc2c(=O)n3ccccc3nc2n(C2CCCCC2)c1=NC(=O)c1cccc(F)c1. The van der Waals surface area contributed by atoms with Crippen molar-refractivity contribution in [3.63, 3.8) is 0 Å². The molecule has 3 heterocycles. The number of rotatable bonds is 4. The van der Waals surface area contributed by atoms with Crippen LogP contribution in [-0.2, 0) is 4.74 Å². The summed E-state index contributed by atoms with van der Waals surface area (Å²) in [4.78, 5) is 48.8. The average molecular weight is 489 g/mol. The maximum atomic E-state index is 13.8. The van der Waals surface area contributed by atoms with Gasteiger partial charge in [0, 0.05) is 17.8 Å². The molecule has 1 aromatic carbocycles. The van der Waals surface area contributed by atoms with Crippen molar-refractivity contribution in [1.29, 1.82) is 0 Å². The van der Waals surface area contributed by atoms with Gasteiger partial charge in [-0.2, -0.15) is 4.99 Å². The van der Waals surface area contributed by atoms with Crippen molar-refractivity contribution < 1.29 is 18.7 Å². The van der Waals surface area contributed by atoms with Crippen LogP contribution in [0.3, 0.4) is 0 Å². The van der Waals surface area contributed by atoms with E-state index in [2.05, 4.69) is 4.99 Å². The summed E-state index contributed by atoms with van der Waals surface area (Å²) in [7, 11) is 0. The van der Waals surface area contributed by atoms with Crippen LogP contribution in [0.25, 0.3) is 16.7 Å². The molecule has 0 unspecified atom stereocenters. The van der Waals surface area contributed by atoms with Gasteiger partial charge < -0.3 is 9.30 Å². The quantitative estimate of drug-likeness (QED) is 0.317. The van der Waals surface area contributed by atoms with Crippen LogP contribution in [0.1, 0.15) is 65.8 Å². The first-order chi connectivity index (χ1) is 17.5. The number of pyridine rings is 2. The summed E-state index contributed by atoms with van der Waals surface area (Å²) in [5.74, 6) is -1.98.